The van der Waals surface area contributed by atoms with Gasteiger partial charge in [0.15, 0.2) is 4.99 Å². The zero-order valence-corrected chi connectivity index (χ0v) is 5.66. The molecule has 0 aliphatic rings. The van der Waals surface area contributed by atoms with Gasteiger partial charge in [-0.25, -0.2) is 0 Å². The van der Waals surface area contributed by atoms with Crippen LogP contribution in [0.2, 0.25) is 0 Å². The topological polar surface area (TPSA) is 46.3 Å². The highest BCUT2D eigenvalue weighted by atomic mass is 32.1. The smallest absolute Gasteiger partial charge is 0.280 e. The van der Waals surface area contributed by atoms with Gasteiger partial charge in [0.1, 0.15) is 0 Å². The van der Waals surface area contributed by atoms with Crippen molar-refractivity contribution in [2.45, 2.75) is 0 Å². The molecular weight excluding hydrogens is 124 g/mol. The number of rotatable bonds is 0. The SMILES string of the molecule is CN(C)C(=O)C(N)=S. The van der Waals surface area contributed by atoms with Gasteiger partial charge in [0.05, 0.1) is 0 Å². The Bertz CT molecular complexity index is 121. The van der Waals surface area contributed by atoms with E-state index >= 15 is 0 Å². The highest BCUT2D eigenvalue weighted by Crippen LogP contribution is 1.76. The van der Waals surface area contributed by atoms with Crippen molar-refractivity contribution >= 4 is 23.1 Å². The average molecular weight is 132 g/mol. The standard InChI is InChI=1S/C4H8N2OS/c1-6(2)4(7)3(5)8/h1-2H3,(H2,5,8). The van der Waals surface area contributed by atoms with E-state index in [0.717, 1.165) is 0 Å². The second-order valence-corrected chi connectivity index (χ2v) is 2.00. The molecule has 0 unspecified atom stereocenters. The highest BCUT2D eigenvalue weighted by Gasteiger charge is 2.04. The van der Waals surface area contributed by atoms with E-state index in [1.54, 1.807) is 14.1 Å². The van der Waals surface area contributed by atoms with Crippen LogP contribution < -0.4 is 5.73 Å². The van der Waals surface area contributed by atoms with Crippen LogP contribution in [0.25, 0.3) is 0 Å². The number of hydrogen-bond acceptors (Lipinski definition) is 2. The van der Waals surface area contributed by atoms with Crippen molar-refractivity contribution in [2.24, 2.45) is 5.73 Å². The zero-order chi connectivity index (χ0) is 6.73. The van der Waals surface area contributed by atoms with E-state index in [1.165, 1.54) is 4.90 Å². The first kappa shape index (κ1) is 7.36. The number of carbonyl (C=O) groups excluding carboxylic acids is 1. The first-order chi connectivity index (χ1) is 3.55. The fourth-order valence-corrected chi connectivity index (χ4v) is 0.403. The third-order valence-corrected chi connectivity index (χ3v) is 0.792. The minimum absolute atomic E-state index is 0.0880. The predicted octanol–water partition coefficient (Wildman–Crippen LogP) is -0.639. The monoisotopic (exact) mass is 132 g/mol. The van der Waals surface area contributed by atoms with Crippen molar-refractivity contribution in [3.05, 3.63) is 0 Å². The maximum atomic E-state index is 10.5. The van der Waals surface area contributed by atoms with Crippen LogP contribution in [0.4, 0.5) is 0 Å². The lowest BCUT2D eigenvalue weighted by molar-refractivity contribution is -0.121. The number of nitrogens with zero attached hydrogens (tertiary/aromatic N) is 1. The van der Waals surface area contributed by atoms with E-state index < -0.39 is 0 Å². The van der Waals surface area contributed by atoms with Gasteiger partial charge in [-0.2, -0.15) is 0 Å². The van der Waals surface area contributed by atoms with Gasteiger partial charge in [-0.1, -0.05) is 12.2 Å². The Morgan fingerprint density at radius 2 is 2.00 bits per heavy atom. The molecule has 0 aromatic heterocycles. The van der Waals surface area contributed by atoms with Gasteiger partial charge in [0, 0.05) is 14.1 Å². The molecule has 0 bridgehead atoms. The maximum absolute atomic E-state index is 10.5. The van der Waals surface area contributed by atoms with Gasteiger partial charge in [-0.05, 0) is 0 Å². The minimum atomic E-state index is -0.306. The molecule has 0 aliphatic carbocycles. The van der Waals surface area contributed by atoms with Crippen LogP contribution in [-0.4, -0.2) is 29.9 Å². The molecule has 0 saturated heterocycles. The van der Waals surface area contributed by atoms with Gasteiger partial charge < -0.3 is 10.6 Å². The van der Waals surface area contributed by atoms with E-state index in [-0.39, 0.29) is 10.9 Å². The van der Waals surface area contributed by atoms with Crippen molar-refractivity contribution in [2.75, 3.05) is 14.1 Å². The minimum Gasteiger partial charge on any atom is -0.385 e. The van der Waals surface area contributed by atoms with Crippen LogP contribution >= 0.6 is 12.2 Å². The van der Waals surface area contributed by atoms with Gasteiger partial charge in [0.2, 0.25) is 0 Å². The lowest BCUT2D eigenvalue weighted by atomic mass is 10.6. The molecular formula is C4H8N2OS. The Balaban J connectivity index is 3.84. The lowest BCUT2D eigenvalue weighted by Crippen LogP contribution is -2.33. The quantitative estimate of drug-likeness (QED) is 0.446. The molecule has 1 amide bonds. The summed E-state index contributed by atoms with van der Waals surface area (Å²) >= 11 is 4.38. The average Bonchev–Trinajstić information content (AvgIpc) is 1.64. The van der Waals surface area contributed by atoms with Gasteiger partial charge in [-0.15, -0.1) is 0 Å². The Labute approximate surface area is 53.5 Å². The summed E-state index contributed by atoms with van der Waals surface area (Å²) in [7, 11) is 3.20. The molecule has 0 aromatic rings. The largest absolute Gasteiger partial charge is 0.385 e. The molecule has 0 spiro atoms. The summed E-state index contributed by atoms with van der Waals surface area (Å²) < 4.78 is 0. The number of thiocarbonyl (C=S) groups is 1. The molecule has 8 heavy (non-hydrogen) atoms. The first-order valence-corrected chi connectivity index (χ1v) is 2.47. The van der Waals surface area contributed by atoms with E-state index in [9.17, 15) is 4.79 Å². The van der Waals surface area contributed by atoms with Crippen molar-refractivity contribution < 1.29 is 4.79 Å². The summed E-state index contributed by atoms with van der Waals surface area (Å²) in [4.78, 5) is 11.8. The Kier molecular flexibility index (Phi) is 2.41. The van der Waals surface area contributed by atoms with Crippen molar-refractivity contribution in [1.29, 1.82) is 0 Å². The van der Waals surface area contributed by atoms with Gasteiger partial charge in [-0.3, -0.25) is 4.79 Å². The lowest BCUT2D eigenvalue weighted by Gasteiger charge is -2.06. The highest BCUT2D eigenvalue weighted by molar-refractivity contribution is 7.81. The second-order valence-electron chi connectivity index (χ2n) is 1.56. The molecule has 2 N–H and O–H groups in total. The molecule has 0 radical (unpaired) electrons. The fourth-order valence-electron chi connectivity index (χ4n) is 0.220. The Morgan fingerprint density at radius 1 is 1.62 bits per heavy atom. The van der Waals surface area contributed by atoms with Gasteiger partial charge in [0.25, 0.3) is 5.91 Å². The number of amides is 1. The number of carbonyl (C=O) groups is 1. The number of nitrogens with two attached hydrogens (primary N) is 1. The van der Waals surface area contributed by atoms with Crippen LogP contribution in [0.3, 0.4) is 0 Å². The summed E-state index contributed by atoms with van der Waals surface area (Å²) in [6.07, 6.45) is 0. The molecule has 4 heteroatoms. The van der Waals surface area contributed by atoms with Crippen LogP contribution in [0, 0.1) is 0 Å². The fraction of sp³-hybridized carbons (Fsp3) is 0.500. The zero-order valence-electron chi connectivity index (χ0n) is 4.84. The molecule has 0 saturated carbocycles. The predicted molar refractivity (Wildman–Crippen MR) is 35.5 cm³/mol. The van der Waals surface area contributed by atoms with Crippen LogP contribution in [0.5, 0.6) is 0 Å². The summed E-state index contributed by atoms with van der Waals surface area (Å²) in [5.74, 6) is -0.306. The van der Waals surface area contributed by atoms with Crippen LogP contribution in [0.15, 0.2) is 0 Å². The van der Waals surface area contributed by atoms with E-state index in [1.807, 2.05) is 0 Å². The summed E-state index contributed by atoms with van der Waals surface area (Å²) in [6.45, 7) is 0. The van der Waals surface area contributed by atoms with Crippen molar-refractivity contribution in [3.8, 4) is 0 Å². The second kappa shape index (κ2) is 2.61. The molecule has 46 valence electrons. The molecule has 0 fully saturated rings. The molecule has 0 heterocycles. The van der Waals surface area contributed by atoms with Crippen molar-refractivity contribution in [1.82, 2.24) is 4.90 Å². The van der Waals surface area contributed by atoms with Crippen molar-refractivity contribution in [3.63, 3.8) is 0 Å². The normalized spacial score (nSPS) is 8.25. The van der Waals surface area contributed by atoms with Crippen LogP contribution in [-0.2, 0) is 4.79 Å². The summed E-state index contributed by atoms with van der Waals surface area (Å²) in [6, 6.07) is 0. The molecule has 0 aromatic carbocycles. The first-order valence-electron chi connectivity index (χ1n) is 2.06. The number of hydrogen-bond donors (Lipinski definition) is 1. The molecule has 0 aliphatic heterocycles. The number of likely N-dealkylation sites (N-methyl/N-ethyl adjacent to an activating group) is 1. The molecule has 0 atom stereocenters. The Hall–Kier alpha value is -0.640. The third-order valence-electron chi connectivity index (χ3n) is 0.617. The third kappa shape index (κ3) is 1.88. The Morgan fingerprint density at radius 3 is 2.00 bits per heavy atom. The summed E-state index contributed by atoms with van der Waals surface area (Å²) in [5.41, 5.74) is 4.98. The maximum Gasteiger partial charge on any atom is 0.280 e. The van der Waals surface area contributed by atoms with Gasteiger partial charge >= 0.3 is 0 Å². The van der Waals surface area contributed by atoms with E-state index in [0.29, 0.717) is 0 Å². The van der Waals surface area contributed by atoms with E-state index in [4.69, 9.17) is 5.73 Å². The molecule has 0 rings (SSSR count). The molecule has 3 nitrogen and oxygen atoms in total. The summed E-state index contributed by atoms with van der Waals surface area (Å²) in [5, 5.41) is 0. The van der Waals surface area contributed by atoms with E-state index in [2.05, 4.69) is 12.2 Å². The van der Waals surface area contributed by atoms with Crippen LogP contribution in [0.1, 0.15) is 0 Å².